The molecule has 0 saturated carbocycles. The van der Waals surface area contributed by atoms with E-state index in [-0.39, 0.29) is 5.60 Å². The van der Waals surface area contributed by atoms with Crippen molar-refractivity contribution in [3.63, 3.8) is 0 Å². The van der Waals surface area contributed by atoms with Crippen LogP contribution in [0.5, 0.6) is 0 Å². The summed E-state index contributed by atoms with van der Waals surface area (Å²) in [5, 5.41) is 3.43. The van der Waals surface area contributed by atoms with Crippen LogP contribution in [0.2, 0.25) is 0 Å². The van der Waals surface area contributed by atoms with Crippen LogP contribution in [0.4, 0.5) is 0 Å². The molecule has 2 nitrogen and oxygen atoms in total. The molecule has 0 saturated heterocycles. The Hall–Kier alpha value is -0.0800. The third-order valence-corrected chi connectivity index (χ3v) is 2.90. The first-order valence-electron chi connectivity index (χ1n) is 6.17. The van der Waals surface area contributed by atoms with E-state index in [0.717, 1.165) is 26.1 Å². The van der Waals surface area contributed by atoms with Crippen molar-refractivity contribution in [2.75, 3.05) is 19.7 Å². The molecule has 0 heterocycles. The lowest BCUT2D eigenvalue weighted by molar-refractivity contribution is -0.0174. The lowest BCUT2D eigenvalue weighted by Crippen LogP contribution is -2.33. The zero-order valence-corrected chi connectivity index (χ0v) is 11.4. The van der Waals surface area contributed by atoms with Gasteiger partial charge in [-0.1, -0.05) is 20.8 Å². The summed E-state index contributed by atoms with van der Waals surface area (Å²) in [6.45, 7) is 16.1. The van der Waals surface area contributed by atoms with Gasteiger partial charge in [-0.05, 0) is 45.6 Å². The minimum Gasteiger partial charge on any atom is -0.376 e. The average molecular weight is 215 g/mol. The SMILES string of the molecule is CCNCC(C)(CC)CCOC(C)(C)C. The van der Waals surface area contributed by atoms with E-state index in [0.29, 0.717) is 5.41 Å². The molecule has 0 aliphatic rings. The lowest BCUT2D eigenvalue weighted by Gasteiger charge is -2.30. The highest BCUT2D eigenvalue weighted by Gasteiger charge is 2.22. The Morgan fingerprint density at radius 2 is 1.67 bits per heavy atom. The highest BCUT2D eigenvalue weighted by Crippen LogP contribution is 2.25. The van der Waals surface area contributed by atoms with E-state index in [1.54, 1.807) is 0 Å². The van der Waals surface area contributed by atoms with Crippen molar-refractivity contribution in [3.8, 4) is 0 Å². The Kier molecular flexibility index (Phi) is 6.46. The van der Waals surface area contributed by atoms with Crippen LogP contribution >= 0.6 is 0 Å². The van der Waals surface area contributed by atoms with Crippen molar-refractivity contribution < 1.29 is 4.74 Å². The fraction of sp³-hybridized carbons (Fsp3) is 1.00. The molecule has 15 heavy (non-hydrogen) atoms. The van der Waals surface area contributed by atoms with E-state index in [1.165, 1.54) is 6.42 Å². The van der Waals surface area contributed by atoms with Crippen molar-refractivity contribution in [3.05, 3.63) is 0 Å². The van der Waals surface area contributed by atoms with Gasteiger partial charge in [0.25, 0.3) is 0 Å². The van der Waals surface area contributed by atoms with Crippen molar-refractivity contribution in [2.24, 2.45) is 5.41 Å². The molecular formula is C13H29NO. The predicted octanol–water partition coefficient (Wildman–Crippen LogP) is 3.22. The van der Waals surface area contributed by atoms with Gasteiger partial charge in [0.1, 0.15) is 0 Å². The molecule has 0 bridgehead atoms. The Morgan fingerprint density at radius 1 is 1.07 bits per heavy atom. The first-order chi connectivity index (χ1) is 6.83. The van der Waals surface area contributed by atoms with Gasteiger partial charge in [0.2, 0.25) is 0 Å². The van der Waals surface area contributed by atoms with Gasteiger partial charge >= 0.3 is 0 Å². The molecule has 2 heteroatoms. The summed E-state index contributed by atoms with van der Waals surface area (Å²) in [7, 11) is 0. The highest BCUT2D eigenvalue weighted by atomic mass is 16.5. The molecule has 92 valence electrons. The van der Waals surface area contributed by atoms with Crippen molar-refractivity contribution in [1.82, 2.24) is 5.32 Å². The molecule has 0 aromatic rings. The maximum atomic E-state index is 5.78. The molecular weight excluding hydrogens is 186 g/mol. The molecule has 0 aromatic heterocycles. The van der Waals surface area contributed by atoms with Gasteiger partial charge in [-0.2, -0.15) is 0 Å². The number of nitrogens with one attached hydrogen (secondary N) is 1. The summed E-state index contributed by atoms with van der Waals surface area (Å²) in [6.07, 6.45) is 2.33. The van der Waals surface area contributed by atoms with Gasteiger partial charge < -0.3 is 10.1 Å². The van der Waals surface area contributed by atoms with E-state index >= 15 is 0 Å². The molecule has 0 aliphatic carbocycles. The first kappa shape index (κ1) is 14.9. The van der Waals surface area contributed by atoms with E-state index < -0.39 is 0 Å². The average Bonchev–Trinajstić information content (AvgIpc) is 2.13. The van der Waals surface area contributed by atoms with Crippen LogP contribution in [0.25, 0.3) is 0 Å². The standard InChI is InChI=1S/C13H29NO/c1-7-13(6,11-14-8-2)9-10-15-12(3,4)5/h14H,7-11H2,1-6H3. The van der Waals surface area contributed by atoms with Gasteiger partial charge in [0.15, 0.2) is 0 Å². The summed E-state index contributed by atoms with van der Waals surface area (Å²) in [6, 6.07) is 0. The Morgan fingerprint density at radius 3 is 2.07 bits per heavy atom. The summed E-state index contributed by atoms with van der Waals surface area (Å²) in [5.41, 5.74) is 0.369. The number of ether oxygens (including phenoxy) is 1. The number of hydrogen-bond acceptors (Lipinski definition) is 2. The molecule has 1 N–H and O–H groups in total. The summed E-state index contributed by atoms with van der Waals surface area (Å²) in [5.74, 6) is 0. The third-order valence-electron chi connectivity index (χ3n) is 2.90. The summed E-state index contributed by atoms with van der Waals surface area (Å²) in [4.78, 5) is 0. The maximum absolute atomic E-state index is 5.78. The molecule has 0 amide bonds. The molecule has 1 unspecified atom stereocenters. The van der Waals surface area contributed by atoms with Crippen LogP contribution in [0.15, 0.2) is 0 Å². The normalized spacial score (nSPS) is 16.4. The quantitative estimate of drug-likeness (QED) is 0.704. The molecule has 0 radical (unpaired) electrons. The lowest BCUT2D eigenvalue weighted by atomic mass is 9.84. The second kappa shape index (κ2) is 6.49. The number of rotatable bonds is 7. The maximum Gasteiger partial charge on any atom is 0.0598 e. The van der Waals surface area contributed by atoms with Crippen LogP contribution < -0.4 is 5.32 Å². The van der Waals surface area contributed by atoms with Crippen LogP contribution in [-0.2, 0) is 4.74 Å². The highest BCUT2D eigenvalue weighted by molar-refractivity contribution is 4.75. The monoisotopic (exact) mass is 215 g/mol. The number of hydrogen-bond donors (Lipinski definition) is 1. The van der Waals surface area contributed by atoms with Crippen molar-refractivity contribution in [2.45, 2.75) is 60.0 Å². The van der Waals surface area contributed by atoms with Crippen LogP contribution in [0, 0.1) is 5.41 Å². The van der Waals surface area contributed by atoms with Crippen molar-refractivity contribution >= 4 is 0 Å². The predicted molar refractivity (Wildman–Crippen MR) is 67.3 cm³/mol. The van der Waals surface area contributed by atoms with Gasteiger partial charge in [-0.25, -0.2) is 0 Å². The van der Waals surface area contributed by atoms with Crippen LogP contribution in [0.3, 0.4) is 0 Å². The van der Waals surface area contributed by atoms with Gasteiger partial charge in [0.05, 0.1) is 5.60 Å². The largest absolute Gasteiger partial charge is 0.376 e. The van der Waals surface area contributed by atoms with E-state index in [2.05, 4.69) is 46.9 Å². The molecule has 0 aromatic carbocycles. The molecule has 0 rings (SSSR count). The first-order valence-corrected chi connectivity index (χ1v) is 6.17. The minimum absolute atomic E-state index is 0.00711. The second-order valence-electron chi connectivity index (χ2n) is 5.66. The van der Waals surface area contributed by atoms with Gasteiger partial charge in [-0.15, -0.1) is 0 Å². The topological polar surface area (TPSA) is 21.3 Å². The minimum atomic E-state index is -0.00711. The smallest absolute Gasteiger partial charge is 0.0598 e. The second-order valence-corrected chi connectivity index (χ2v) is 5.66. The summed E-state index contributed by atoms with van der Waals surface area (Å²) < 4.78 is 5.78. The fourth-order valence-corrected chi connectivity index (χ4v) is 1.42. The molecule has 1 atom stereocenters. The Bertz CT molecular complexity index is 162. The molecule has 0 spiro atoms. The zero-order valence-electron chi connectivity index (χ0n) is 11.4. The molecule has 0 fully saturated rings. The summed E-state index contributed by atoms with van der Waals surface area (Å²) >= 11 is 0. The third kappa shape index (κ3) is 7.80. The Balaban J connectivity index is 3.87. The van der Waals surface area contributed by atoms with Crippen LogP contribution in [0.1, 0.15) is 54.4 Å². The van der Waals surface area contributed by atoms with Crippen LogP contribution in [-0.4, -0.2) is 25.3 Å². The van der Waals surface area contributed by atoms with E-state index in [4.69, 9.17) is 4.74 Å². The van der Waals surface area contributed by atoms with E-state index in [1.807, 2.05) is 0 Å². The zero-order chi connectivity index (χ0) is 11.9. The van der Waals surface area contributed by atoms with Gasteiger partial charge in [-0.3, -0.25) is 0 Å². The fourth-order valence-electron chi connectivity index (χ4n) is 1.42. The van der Waals surface area contributed by atoms with Crippen molar-refractivity contribution in [1.29, 1.82) is 0 Å². The Labute approximate surface area is 95.8 Å². The van der Waals surface area contributed by atoms with Gasteiger partial charge in [0, 0.05) is 13.2 Å². The molecule has 0 aliphatic heterocycles. The van der Waals surface area contributed by atoms with E-state index in [9.17, 15) is 0 Å².